The maximum atomic E-state index is 13.3. The number of carbonyl (C=O) groups excluding carboxylic acids is 1. The monoisotopic (exact) mass is 425 g/mol. The topological polar surface area (TPSA) is 75.6 Å². The lowest BCUT2D eigenvalue weighted by Crippen LogP contribution is -2.28. The molecular formula is C15H21FINO4. The van der Waals surface area contributed by atoms with Gasteiger partial charge in [0.25, 0.3) is 5.91 Å². The minimum absolute atomic E-state index is 0.192. The third-order valence-corrected chi connectivity index (χ3v) is 3.43. The minimum Gasteiger partial charge on any atom is -0.481 e. The SMILES string of the molecule is CCONC(=O)C(C)c1ccc(F)c(CC)c1.O=C(O)CI. The summed E-state index contributed by atoms with van der Waals surface area (Å²) in [5.74, 6) is -1.56. The Bertz CT molecular complexity index is 496. The number of amides is 1. The van der Waals surface area contributed by atoms with Gasteiger partial charge < -0.3 is 5.11 Å². The average Bonchev–Trinajstić information content (AvgIpc) is 2.52. The summed E-state index contributed by atoms with van der Waals surface area (Å²) in [5, 5.41) is 7.71. The molecule has 1 rings (SSSR count). The number of rotatable bonds is 6. The third-order valence-electron chi connectivity index (χ3n) is 2.78. The number of alkyl halides is 1. The first kappa shape index (κ1) is 20.8. The van der Waals surface area contributed by atoms with Gasteiger partial charge in [0.2, 0.25) is 0 Å². The van der Waals surface area contributed by atoms with Crippen molar-refractivity contribution in [3.05, 3.63) is 35.1 Å². The van der Waals surface area contributed by atoms with Crippen molar-refractivity contribution in [2.75, 3.05) is 11.0 Å². The van der Waals surface area contributed by atoms with E-state index in [0.29, 0.717) is 18.6 Å². The Kier molecular flexibility index (Phi) is 10.7. The van der Waals surface area contributed by atoms with Crippen LogP contribution >= 0.6 is 22.6 Å². The molecule has 0 aliphatic heterocycles. The second-order valence-corrected chi connectivity index (χ2v) is 5.12. The van der Waals surface area contributed by atoms with Crippen molar-refractivity contribution >= 4 is 34.5 Å². The van der Waals surface area contributed by atoms with Gasteiger partial charge in [-0.3, -0.25) is 14.4 Å². The summed E-state index contributed by atoms with van der Waals surface area (Å²) in [4.78, 5) is 25.9. The van der Waals surface area contributed by atoms with Crippen LogP contribution in [0.2, 0.25) is 0 Å². The molecule has 0 aliphatic carbocycles. The zero-order chi connectivity index (χ0) is 17.1. The van der Waals surface area contributed by atoms with Crippen LogP contribution in [0, 0.1) is 5.82 Å². The van der Waals surface area contributed by atoms with Crippen molar-refractivity contribution in [2.24, 2.45) is 0 Å². The largest absolute Gasteiger partial charge is 0.481 e. The highest BCUT2D eigenvalue weighted by Gasteiger charge is 2.16. The van der Waals surface area contributed by atoms with Crippen LogP contribution in [0.4, 0.5) is 4.39 Å². The van der Waals surface area contributed by atoms with E-state index in [4.69, 9.17) is 9.94 Å². The average molecular weight is 425 g/mol. The van der Waals surface area contributed by atoms with Gasteiger partial charge in [0, 0.05) is 0 Å². The summed E-state index contributed by atoms with van der Waals surface area (Å²) >= 11 is 1.78. The Morgan fingerprint density at radius 3 is 2.45 bits per heavy atom. The van der Waals surface area contributed by atoms with Gasteiger partial charge in [-0.05, 0) is 37.5 Å². The van der Waals surface area contributed by atoms with Crippen molar-refractivity contribution in [1.82, 2.24) is 5.48 Å². The summed E-state index contributed by atoms with van der Waals surface area (Å²) in [5.41, 5.74) is 3.77. The fourth-order valence-electron chi connectivity index (χ4n) is 1.52. The van der Waals surface area contributed by atoms with E-state index in [2.05, 4.69) is 5.48 Å². The zero-order valence-corrected chi connectivity index (χ0v) is 15.0. The van der Waals surface area contributed by atoms with Crippen molar-refractivity contribution in [3.63, 3.8) is 0 Å². The first-order valence-corrected chi connectivity index (χ1v) is 8.37. The van der Waals surface area contributed by atoms with Crippen LogP contribution in [0.5, 0.6) is 0 Å². The maximum Gasteiger partial charge on any atom is 0.313 e. The van der Waals surface area contributed by atoms with Crippen LogP contribution in [0.3, 0.4) is 0 Å². The predicted octanol–water partition coefficient (Wildman–Crippen LogP) is 3.07. The lowest BCUT2D eigenvalue weighted by Gasteiger charge is -2.13. The number of carboxylic acid groups (broad SMARTS) is 1. The molecule has 7 heteroatoms. The quantitative estimate of drug-likeness (QED) is 0.418. The van der Waals surface area contributed by atoms with Crippen LogP contribution in [-0.4, -0.2) is 28.0 Å². The second-order valence-electron chi connectivity index (χ2n) is 4.35. The zero-order valence-electron chi connectivity index (χ0n) is 12.9. The van der Waals surface area contributed by atoms with Gasteiger partial charge in [0.1, 0.15) is 5.82 Å². The molecule has 124 valence electrons. The molecule has 0 radical (unpaired) electrons. The summed E-state index contributed by atoms with van der Waals surface area (Å²) in [6, 6.07) is 4.76. The Balaban J connectivity index is 0.000000763. The van der Waals surface area contributed by atoms with E-state index in [0.717, 1.165) is 5.56 Å². The normalized spacial score (nSPS) is 11.1. The molecule has 0 spiro atoms. The predicted molar refractivity (Wildman–Crippen MR) is 90.5 cm³/mol. The molecule has 0 fully saturated rings. The van der Waals surface area contributed by atoms with Crippen molar-refractivity contribution < 1.29 is 23.9 Å². The number of hydrogen-bond donors (Lipinski definition) is 2. The summed E-state index contributed by atoms with van der Waals surface area (Å²) in [7, 11) is 0. The summed E-state index contributed by atoms with van der Waals surface area (Å²) in [6.07, 6.45) is 0.611. The highest BCUT2D eigenvalue weighted by Crippen LogP contribution is 2.19. The number of hydrogen-bond acceptors (Lipinski definition) is 3. The molecule has 0 saturated heterocycles. The number of carbonyl (C=O) groups is 2. The molecule has 22 heavy (non-hydrogen) atoms. The van der Waals surface area contributed by atoms with Crippen LogP contribution < -0.4 is 5.48 Å². The van der Waals surface area contributed by atoms with Crippen LogP contribution in [-0.2, 0) is 20.8 Å². The highest BCUT2D eigenvalue weighted by molar-refractivity contribution is 14.1. The van der Waals surface area contributed by atoms with E-state index in [1.54, 1.807) is 48.6 Å². The van der Waals surface area contributed by atoms with Gasteiger partial charge in [-0.1, -0.05) is 41.6 Å². The number of hydroxylamine groups is 1. The molecule has 0 bridgehead atoms. The van der Waals surface area contributed by atoms with Gasteiger partial charge >= 0.3 is 5.97 Å². The lowest BCUT2D eigenvalue weighted by molar-refractivity contribution is -0.134. The van der Waals surface area contributed by atoms with Gasteiger partial charge in [0.05, 0.1) is 17.0 Å². The van der Waals surface area contributed by atoms with E-state index in [9.17, 15) is 14.0 Å². The second kappa shape index (κ2) is 11.4. The highest BCUT2D eigenvalue weighted by atomic mass is 127. The Labute approximate surface area is 143 Å². The summed E-state index contributed by atoms with van der Waals surface area (Å²) in [6.45, 7) is 5.86. The van der Waals surface area contributed by atoms with Gasteiger partial charge in [0.15, 0.2) is 0 Å². The van der Waals surface area contributed by atoms with E-state index < -0.39 is 5.97 Å². The fourth-order valence-corrected chi connectivity index (χ4v) is 1.52. The molecule has 0 aliphatic rings. The van der Waals surface area contributed by atoms with Gasteiger partial charge in [-0.2, -0.15) is 0 Å². The molecule has 1 amide bonds. The first-order chi connectivity index (χ1) is 10.4. The number of aryl methyl sites for hydroxylation is 1. The number of nitrogens with one attached hydrogen (secondary N) is 1. The Morgan fingerprint density at radius 1 is 1.41 bits per heavy atom. The standard InChI is InChI=1S/C13H18FNO2.C2H3IO2/c1-4-10-8-11(6-7-12(10)14)9(3)13(16)15-17-5-2;3-1-2(4)5/h6-9H,4-5H2,1-3H3,(H,15,16);1H2,(H,4,5). The number of aliphatic carboxylic acids is 1. The molecule has 0 saturated carbocycles. The van der Waals surface area contributed by atoms with Crippen LogP contribution in [0.25, 0.3) is 0 Å². The number of carboxylic acids is 1. The molecule has 5 nitrogen and oxygen atoms in total. The summed E-state index contributed by atoms with van der Waals surface area (Å²) < 4.78 is 13.5. The first-order valence-electron chi connectivity index (χ1n) is 6.84. The molecule has 1 unspecified atom stereocenters. The smallest absolute Gasteiger partial charge is 0.313 e. The molecule has 2 N–H and O–H groups in total. The Hall–Kier alpha value is -1.22. The number of halogens is 2. The van der Waals surface area contributed by atoms with E-state index in [1.807, 2.05) is 6.92 Å². The van der Waals surface area contributed by atoms with Crippen molar-refractivity contribution in [2.45, 2.75) is 33.1 Å². The minimum atomic E-state index is -0.759. The van der Waals surface area contributed by atoms with E-state index in [1.165, 1.54) is 6.07 Å². The molecule has 0 aromatic heterocycles. The molecule has 0 heterocycles. The van der Waals surface area contributed by atoms with Gasteiger partial charge in [-0.25, -0.2) is 9.87 Å². The lowest BCUT2D eigenvalue weighted by atomic mass is 9.97. The molecule has 1 aromatic rings. The van der Waals surface area contributed by atoms with Crippen molar-refractivity contribution in [1.29, 1.82) is 0 Å². The number of benzene rings is 1. The van der Waals surface area contributed by atoms with Crippen LogP contribution in [0.15, 0.2) is 18.2 Å². The van der Waals surface area contributed by atoms with E-state index in [-0.39, 0.29) is 22.1 Å². The van der Waals surface area contributed by atoms with E-state index >= 15 is 0 Å². The Morgan fingerprint density at radius 2 is 2.00 bits per heavy atom. The fraction of sp³-hybridized carbons (Fsp3) is 0.467. The molecule has 1 aromatic carbocycles. The maximum absolute atomic E-state index is 13.3. The third kappa shape index (κ3) is 7.69. The van der Waals surface area contributed by atoms with Gasteiger partial charge in [-0.15, -0.1) is 0 Å². The molecular weight excluding hydrogens is 404 g/mol. The van der Waals surface area contributed by atoms with Crippen molar-refractivity contribution in [3.8, 4) is 0 Å². The molecule has 1 atom stereocenters. The van der Waals surface area contributed by atoms with Crippen LogP contribution in [0.1, 0.15) is 37.8 Å².